The van der Waals surface area contributed by atoms with E-state index in [-0.39, 0.29) is 28.0 Å². The fraction of sp³-hybridized carbons (Fsp3) is 0.280. The predicted octanol–water partition coefficient (Wildman–Crippen LogP) is 4.39. The normalized spacial score (nSPS) is 17.2. The number of anilines is 1. The summed E-state index contributed by atoms with van der Waals surface area (Å²) in [6.45, 7) is 1.62. The van der Waals surface area contributed by atoms with Crippen molar-refractivity contribution >= 4 is 28.3 Å². The van der Waals surface area contributed by atoms with Crippen LogP contribution in [0.4, 0.5) is 14.6 Å². The molecule has 0 N–H and O–H groups in total. The van der Waals surface area contributed by atoms with E-state index in [1.807, 2.05) is 4.90 Å². The zero-order valence-electron chi connectivity index (χ0n) is 18.5. The summed E-state index contributed by atoms with van der Waals surface area (Å²) in [5, 5.41) is 0.651. The summed E-state index contributed by atoms with van der Waals surface area (Å²) in [5.41, 5.74) is 0.733. The van der Waals surface area contributed by atoms with Crippen LogP contribution in [0.5, 0.6) is 5.75 Å². The fourth-order valence-electron chi connectivity index (χ4n) is 4.77. The largest absolute Gasteiger partial charge is 0.485 e. The molecule has 0 saturated carbocycles. The van der Waals surface area contributed by atoms with Gasteiger partial charge in [0.25, 0.3) is 5.56 Å². The molecule has 0 amide bonds. The molecule has 1 saturated heterocycles. The molecule has 7 nitrogen and oxygen atoms in total. The molecule has 0 aliphatic carbocycles. The van der Waals surface area contributed by atoms with Gasteiger partial charge in [0.2, 0.25) is 0 Å². The van der Waals surface area contributed by atoms with Crippen molar-refractivity contribution in [3.8, 4) is 17.0 Å². The molecule has 0 unspecified atom stereocenters. The Morgan fingerprint density at radius 1 is 1.09 bits per heavy atom. The Bertz CT molecular complexity index is 1530. The lowest BCUT2D eigenvalue weighted by Crippen LogP contribution is -2.27. The fourth-order valence-corrected chi connectivity index (χ4v) is 4.93. The van der Waals surface area contributed by atoms with Gasteiger partial charge in [-0.2, -0.15) is 0 Å². The molecule has 4 aromatic rings. The van der Waals surface area contributed by atoms with Gasteiger partial charge in [0.15, 0.2) is 11.6 Å². The van der Waals surface area contributed by atoms with E-state index in [1.54, 1.807) is 22.8 Å². The molecule has 1 fully saturated rings. The third kappa shape index (κ3) is 3.89. The number of aryl methyl sites for hydroxylation is 1. The first-order valence-electron chi connectivity index (χ1n) is 11.4. The van der Waals surface area contributed by atoms with Crippen LogP contribution in [-0.4, -0.2) is 38.7 Å². The van der Waals surface area contributed by atoms with Crippen molar-refractivity contribution in [2.75, 3.05) is 18.0 Å². The molecule has 35 heavy (non-hydrogen) atoms. The average molecular weight is 496 g/mol. The number of benzene rings is 1. The van der Waals surface area contributed by atoms with Crippen LogP contribution in [0.1, 0.15) is 18.7 Å². The SMILES string of the molecule is O=c1c2cc(N3CC[C@@H](Oc4ccncc4F)C3)nc(-c3ccc(Cl)cc3F)c2nc2n1CCC2. The summed E-state index contributed by atoms with van der Waals surface area (Å²) in [6, 6.07) is 7.56. The number of hydrogen-bond acceptors (Lipinski definition) is 6. The zero-order valence-corrected chi connectivity index (χ0v) is 19.3. The van der Waals surface area contributed by atoms with Crippen molar-refractivity contribution in [3.05, 3.63) is 75.6 Å². The lowest BCUT2D eigenvalue weighted by atomic mass is 10.1. The maximum Gasteiger partial charge on any atom is 0.261 e. The van der Waals surface area contributed by atoms with Crippen molar-refractivity contribution in [2.45, 2.75) is 31.9 Å². The third-order valence-electron chi connectivity index (χ3n) is 6.47. The zero-order chi connectivity index (χ0) is 24.1. The van der Waals surface area contributed by atoms with Crippen LogP contribution in [0, 0.1) is 11.6 Å². The van der Waals surface area contributed by atoms with Crippen molar-refractivity contribution in [1.82, 2.24) is 19.5 Å². The smallest absolute Gasteiger partial charge is 0.261 e. The highest BCUT2D eigenvalue weighted by molar-refractivity contribution is 6.30. The Labute approximate surface area is 204 Å². The lowest BCUT2D eigenvalue weighted by Gasteiger charge is -2.20. The molecule has 0 spiro atoms. The molecular formula is C25H20ClF2N5O2. The summed E-state index contributed by atoms with van der Waals surface area (Å²) in [4.78, 5) is 28.5. The number of ether oxygens (including phenoxy) is 1. The van der Waals surface area contributed by atoms with Gasteiger partial charge >= 0.3 is 0 Å². The molecule has 0 bridgehead atoms. The molecule has 6 rings (SSSR count). The van der Waals surface area contributed by atoms with Crippen molar-refractivity contribution in [1.29, 1.82) is 0 Å². The van der Waals surface area contributed by atoms with E-state index in [0.29, 0.717) is 60.7 Å². The molecule has 2 aliphatic heterocycles. The number of pyridine rings is 2. The summed E-state index contributed by atoms with van der Waals surface area (Å²) in [7, 11) is 0. The minimum Gasteiger partial charge on any atom is -0.485 e. The van der Waals surface area contributed by atoms with Gasteiger partial charge < -0.3 is 9.64 Å². The van der Waals surface area contributed by atoms with E-state index in [1.165, 1.54) is 18.3 Å². The molecule has 178 valence electrons. The van der Waals surface area contributed by atoms with Gasteiger partial charge in [-0.1, -0.05) is 11.6 Å². The first-order chi connectivity index (χ1) is 17.0. The molecule has 1 atom stereocenters. The van der Waals surface area contributed by atoms with Crippen LogP contribution in [-0.2, 0) is 13.0 Å². The van der Waals surface area contributed by atoms with E-state index >= 15 is 0 Å². The first-order valence-corrected chi connectivity index (χ1v) is 11.8. The maximum atomic E-state index is 15.0. The van der Waals surface area contributed by atoms with Crippen LogP contribution in [0.2, 0.25) is 5.02 Å². The molecule has 5 heterocycles. The maximum absolute atomic E-state index is 15.0. The van der Waals surface area contributed by atoms with Gasteiger partial charge in [-0.25, -0.2) is 18.7 Å². The summed E-state index contributed by atoms with van der Waals surface area (Å²) < 4.78 is 36.5. The Morgan fingerprint density at radius 3 is 2.80 bits per heavy atom. The quantitative estimate of drug-likeness (QED) is 0.418. The second-order valence-electron chi connectivity index (χ2n) is 8.72. The number of nitrogens with zero attached hydrogens (tertiary/aromatic N) is 5. The minimum atomic E-state index is -0.540. The van der Waals surface area contributed by atoms with Crippen LogP contribution in [0.25, 0.3) is 22.2 Å². The second-order valence-corrected chi connectivity index (χ2v) is 9.15. The Kier molecular flexibility index (Phi) is 5.36. The van der Waals surface area contributed by atoms with Gasteiger partial charge in [-0.15, -0.1) is 0 Å². The van der Waals surface area contributed by atoms with Crippen molar-refractivity contribution in [3.63, 3.8) is 0 Å². The van der Waals surface area contributed by atoms with E-state index in [2.05, 4.69) is 4.98 Å². The molecule has 1 aromatic carbocycles. The molecular weight excluding hydrogens is 476 g/mol. The molecule has 2 aliphatic rings. The Balaban J connectivity index is 1.44. The number of hydrogen-bond donors (Lipinski definition) is 0. The first kappa shape index (κ1) is 21.9. The second kappa shape index (κ2) is 8.57. The predicted molar refractivity (Wildman–Crippen MR) is 128 cm³/mol. The standard InChI is InChI=1S/C25H20ClF2N5O2/c26-14-3-4-16(18(27)10-14)23-24-17(25(34)33-8-1-2-21(33)30-24)11-22(31-23)32-9-6-15(13-32)35-20-5-7-29-12-19(20)28/h3-5,7,10-12,15H,1-2,6,8-9,13H2/t15-/m1/s1. The summed E-state index contributed by atoms with van der Waals surface area (Å²) in [6.07, 6.45) is 4.46. The van der Waals surface area contributed by atoms with E-state index in [0.717, 1.165) is 12.6 Å². The monoisotopic (exact) mass is 495 g/mol. The van der Waals surface area contributed by atoms with Gasteiger partial charge in [0.1, 0.15) is 34.8 Å². The van der Waals surface area contributed by atoms with Crippen LogP contribution < -0.4 is 15.2 Å². The van der Waals surface area contributed by atoms with Crippen LogP contribution >= 0.6 is 11.6 Å². The van der Waals surface area contributed by atoms with Gasteiger partial charge in [-0.3, -0.25) is 14.3 Å². The van der Waals surface area contributed by atoms with E-state index < -0.39 is 11.6 Å². The highest BCUT2D eigenvalue weighted by atomic mass is 35.5. The number of fused-ring (bicyclic) bond motifs is 2. The number of rotatable bonds is 4. The van der Waals surface area contributed by atoms with Crippen LogP contribution in [0.3, 0.4) is 0 Å². The average Bonchev–Trinajstić information content (AvgIpc) is 3.51. The van der Waals surface area contributed by atoms with Gasteiger partial charge in [0.05, 0.1) is 18.1 Å². The Morgan fingerprint density at radius 2 is 1.97 bits per heavy atom. The van der Waals surface area contributed by atoms with Gasteiger partial charge in [0, 0.05) is 48.8 Å². The Hall–Kier alpha value is -3.59. The lowest BCUT2D eigenvalue weighted by molar-refractivity contribution is 0.214. The van der Waals surface area contributed by atoms with Gasteiger partial charge in [-0.05, 0) is 30.7 Å². The highest BCUT2D eigenvalue weighted by Gasteiger charge is 2.28. The third-order valence-corrected chi connectivity index (χ3v) is 6.71. The molecule has 10 heteroatoms. The minimum absolute atomic E-state index is 0.139. The van der Waals surface area contributed by atoms with E-state index in [4.69, 9.17) is 26.3 Å². The topological polar surface area (TPSA) is 73.1 Å². The molecule has 3 aromatic heterocycles. The molecule has 0 radical (unpaired) electrons. The van der Waals surface area contributed by atoms with Crippen molar-refractivity contribution < 1.29 is 13.5 Å². The van der Waals surface area contributed by atoms with E-state index in [9.17, 15) is 13.6 Å². The summed E-state index contributed by atoms with van der Waals surface area (Å²) >= 11 is 5.97. The summed E-state index contributed by atoms with van der Waals surface area (Å²) in [5.74, 6) is 0.271. The highest BCUT2D eigenvalue weighted by Crippen LogP contribution is 2.33. The number of aromatic nitrogens is 4. The van der Waals surface area contributed by atoms with Crippen LogP contribution in [0.15, 0.2) is 47.5 Å². The van der Waals surface area contributed by atoms with Crippen molar-refractivity contribution in [2.24, 2.45) is 0 Å². The number of halogens is 3.